The summed E-state index contributed by atoms with van der Waals surface area (Å²) in [6.07, 6.45) is -4.63. The van der Waals surface area contributed by atoms with Crippen molar-refractivity contribution < 1.29 is 37.3 Å². The molecule has 0 radical (unpaired) electrons. The lowest BCUT2D eigenvalue weighted by molar-refractivity contribution is -0.132. The van der Waals surface area contributed by atoms with Crippen LogP contribution in [0.4, 0.5) is 23.7 Å². The lowest BCUT2D eigenvalue weighted by Crippen LogP contribution is -2.39. The molecule has 0 aliphatic heterocycles. The average Bonchev–Trinajstić information content (AvgIpc) is 3.20. The van der Waals surface area contributed by atoms with Crippen LogP contribution in [0.25, 0.3) is 16.9 Å². The summed E-state index contributed by atoms with van der Waals surface area (Å²) in [7, 11) is 1.29. The zero-order chi connectivity index (χ0) is 27.7. The quantitative estimate of drug-likeness (QED) is 0.410. The summed E-state index contributed by atoms with van der Waals surface area (Å²) in [6.45, 7) is 7.39. The molecule has 0 spiro atoms. The lowest BCUT2D eigenvalue weighted by atomic mass is 10.0. The van der Waals surface area contributed by atoms with Crippen molar-refractivity contribution in [3.8, 4) is 11.3 Å². The number of anilines is 1. The maximum atomic E-state index is 13.2. The third-order valence-corrected chi connectivity index (χ3v) is 5.54. The summed E-state index contributed by atoms with van der Waals surface area (Å²) in [4.78, 5) is 30.3. The topological polar surface area (TPSA) is 93.4 Å². The predicted molar refractivity (Wildman–Crippen MR) is 132 cm³/mol. The molecule has 3 rings (SSSR count). The van der Waals surface area contributed by atoms with E-state index < -0.39 is 42.9 Å². The van der Waals surface area contributed by atoms with Gasteiger partial charge >= 0.3 is 18.2 Å². The highest BCUT2D eigenvalue weighted by molar-refractivity contribution is 5.94. The number of amides is 1. The van der Waals surface area contributed by atoms with Gasteiger partial charge in [-0.3, -0.25) is 9.30 Å². The number of halogens is 3. The Labute approximate surface area is 212 Å². The zero-order valence-electron chi connectivity index (χ0n) is 21.5. The number of aliphatic hydroxyl groups is 1. The highest BCUT2D eigenvalue weighted by Crippen LogP contribution is 2.33. The molecule has 11 heteroatoms. The predicted octanol–water partition coefficient (Wildman–Crippen LogP) is 5.84. The van der Waals surface area contributed by atoms with E-state index in [0.717, 1.165) is 4.90 Å². The van der Waals surface area contributed by atoms with E-state index in [-0.39, 0.29) is 11.3 Å². The largest absolute Gasteiger partial charge is 0.465 e. The number of hydrogen-bond donors (Lipinski definition) is 1. The summed E-state index contributed by atoms with van der Waals surface area (Å²) in [5.74, 6) is -0.487. The normalized spacial score (nSPS) is 12.9. The standard InChI is InChI=1S/C26H30F3N3O5/c1-15-11-17(7-8-19(15)23(34)36-6)21-13-30-22-20(12-18(16(2)33)14-32(21)22)31(10-9-26(27,28)29)24(35)37-25(3,4)5/h7-8,11-14,16,33H,9-10H2,1-6H3. The molecule has 0 bridgehead atoms. The fraction of sp³-hybridized carbons (Fsp3) is 0.423. The molecular weight excluding hydrogens is 491 g/mol. The van der Waals surface area contributed by atoms with E-state index in [1.165, 1.54) is 26.3 Å². The molecule has 1 amide bonds. The van der Waals surface area contributed by atoms with Crippen LogP contribution in [-0.2, 0) is 9.47 Å². The Morgan fingerprint density at radius 1 is 1.19 bits per heavy atom. The van der Waals surface area contributed by atoms with Gasteiger partial charge in [-0.15, -0.1) is 0 Å². The molecule has 2 heterocycles. The number of fused-ring (bicyclic) bond motifs is 1. The molecule has 200 valence electrons. The Morgan fingerprint density at radius 2 is 1.86 bits per heavy atom. The summed E-state index contributed by atoms with van der Waals surface area (Å²) in [5.41, 5.74) is 1.88. The van der Waals surface area contributed by atoms with Crippen molar-refractivity contribution in [3.63, 3.8) is 0 Å². The van der Waals surface area contributed by atoms with Crippen molar-refractivity contribution in [2.45, 2.75) is 58.9 Å². The van der Waals surface area contributed by atoms with E-state index in [0.29, 0.717) is 27.9 Å². The Hall–Kier alpha value is -3.60. The number of benzene rings is 1. The van der Waals surface area contributed by atoms with Gasteiger partial charge in [0.1, 0.15) is 5.60 Å². The molecule has 1 N–H and O–H groups in total. The van der Waals surface area contributed by atoms with Gasteiger partial charge in [0.25, 0.3) is 0 Å². The highest BCUT2D eigenvalue weighted by Gasteiger charge is 2.33. The fourth-order valence-corrected chi connectivity index (χ4v) is 3.76. The number of aromatic nitrogens is 2. The second kappa shape index (κ2) is 10.4. The van der Waals surface area contributed by atoms with Crippen molar-refractivity contribution in [2.24, 2.45) is 0 Å². The van der Waals surface area contributed by atoms with Gasteiger partial charge in [-0.1, -0.05) is 6.07 Å². The van der Waals surface area contributed by atoms with Crippen LogP contribution in [0.5, 0.6) is 0 Å². The monoisotopic (exact) mass is 521 g/mol. The molecular formula is C26H30F3N3O5. The van der Waals surface area contributed by atoms with Crippen LogP contribution in [0.3, 0.4) is 0 Å². The van der Waals surface area contributed by atoms with Gasteiger partial charge in [-0.2, -0.15) is 13.2 Å². The minimum atomic E-state index is -4.52. The van der Waals surface area contributed by atoms with E-state index in [1.54, 1.807) is 56.5 Å². The van der Waals surface area contributed by atoms with Crippen molar-refractivity contribution >= 4 is 23.4 Å². The van der Waals surface area contributed by atoms with Crippen molar-refractivity contribution in [1.29, 1.82) is 0 Å². The SMILES string of the molecule is COC(=O)c1ccc(-c2cnc3c(N(CCC(F)(F)F)C(=O)OC(C)(C)C)cc(C(C)O)cn23)cc1C. The molecule has 0 saturated heterocycles. The maximum Gasteiger partial charge on any atom is 0.414 e. The number of rotatable bonds is 6. The minimum absolute atomic E-state index is 0.0612. The second-order valence-electron chi connectivity index (χ2n) is 9.69. The molecule has 0 fully saturated rings. The number of nitrogens with zero attached hydrogens (tertiary/aromatic N) is 3. The molecule has 0 aliphatic carbocycles. The summed E-state index contributed by atoms with van der Waals surface area (Å²) in [5, 5.41) is 10.3. The number of carbonyl (C=O) groups is 2. The van der Waals surface area contributed by atoms with E-state index in [4.69, 9.17) is 9.47 Å². The van der Waals surface area contributed by atoms with Gasteiger partial charge in [0.05, 0.1) is 42.8 Å². The van der Waals surface area contributed by atoms with Crippen molar-refractivity contribution in [1.82, 2.24) is 9.38 Å². The third-order valence-electron chi connectivity index (χ3n) is 5.54. The highest BCUT2D eigenvalue weighted by atomic mass is 19.4. The van der Waals surface area contributed by atoms with Gasteiger partial charge in [-0.05, 0) is 63.9 Å². The number of aliphatic hydroxyl groups excluding tert-OH is 1. The number of pyridine rings is 1. The number of esters is 1. The maximum absolute atomic E-state index is 13.2. The van der Waals surface area contributed by atoms with Crippen molar-refractivity contribution in [2.75, 3.05) is 18.6 Å². The molecule has 1 aromatic carbocycles. The van der Waals surface area contributed by atoms with Crippen LogP contribution in [-0.4, -0.2) is 52.0 Å². The Kier molecular flexibility index (Phi) is 7.87. The van der Waals surface area contributed by atoms with Crippen LogP contribution in [0, 0.1) is 6.92 Å². The van der Waals surface area contributed by atoms with Crippen LogP contribution in [0.2, 0.25) is 0 Å². The number of carbonyl (C=O) groups excluding carboxylic acids is 2. The minimum Gasteiger partial charge on any atom is -0.465 e. The molecule has 1 unspecified atom stereocenters. The summed E-state index contributed by atoms with van der Waals surface area (Å²) >= 11 is 0. The Bertz CT molecular complexity index is 1310. The van der Waals surface area contributed by atoms with Gasteiger partial charge in [0.15, 0.2) is 5.65 Å². The number of methoxy groups -OCH3 is 1. The Balaban J connectivity index is 2.20. The van der Waals surface area contributed by atoms with Crippen LogP contribution in [0.15, 0.2) is 36.7 Å². The first-order chi connectivity index (χ1) is 17.1. The van der Waals surface area contributed by atoms with E-state index in [9.17, 15) is 27.9 Å². The van der Waals surface area contributed by atoms with Crippen LogP contribution < -0.4 is 4.90 Å². The number of imidazole rings is 1. The summed E-state index contributed by atoms with van der Waals surface area (Å²) < 4.78 is 51.3. The second-order valence-corrected chi connectivity index (χ2v) is 9.69. The van der Waals surface area contributed by atoms with Crippen LogP contribution >= 0.6 is 0 Å². The van der Waals surface area contributed by atoms with Gasteiger partial charge in [0.2, 0.25) is 0 Å². The van der Waals surface area contributed by atoms with E-state index >= 15 is 0 Å². The fourth-order valence-electron chi connectivity index (χ4n) is 3.76. The first-order valence-corrected chi connectivity index (χ1v) is 11.6. The van der Waals surface area contributed by atoms with Crippen molar-refractivity contribution in [3.05, 3.63) is 53.3 Å². The average molecular weight is 522 g/mol. The molecule has 0 aliphatic rings. The number of aryl methyl sites for hydroxylation is 1. The Morgan fingerprint density at radius 3 is 2.41 bits per heavy atom. The van der Waals surface area contributed by atoms with E-state index in [2.05, 4.69) is 4.98 Å². The van der Waals surface area contributed by atoms with Crippen LogP contribution in [0.1, 0.15) is 61.7 Å². The smallest absolute Gasteiger partial charge is 0.414 e. The first-order valence-electron chi connectivity index (χ1n) is 11.6. The number of hydrogen-bond acceptors (Lipinski definition) is 6. The molecule has 2 aromatic heterocycles. The lowest BCUT2D eigenvalue weighted by Gasteiger charge is -2.28. The molecule has 1 atom stereocenters. The molecule has 8 nitrogen and oxygen atoms in total. The first kappa shape index (κ1) is 28.0. The van der Waals surface area contributed by atoms with Gasteiger partial charge in [-0.25, -0.2) is 14.6 Å². The molecule has 0 saturated carbocycles. The van der Waals surface area contributed by atoms with Gasteiger partial charge < -0.3 is 14.6 Å². The zero-order valence-corrected chi connectivity index (χ0v) is 21.5. The number of alkyl halides is 3. The molecule has 3 aromatic rings. The summed E-state index contributed by atoms with van der Waals surface area (Å²) in [6, 6.07) is 6.47. The number of ether oxygens (including phenoxy) is 2. The third kappa shape index (κ3) is 6.59. The molecule has 37 heavy (non-hydrogen) atoms. The van der Waals surface area contributed by atoms with E-state index in [1.807, 2.05) is 0 Å². The van der Waals surface area contributed by atoms with Gasteiger partial charge in [0, 0.05) is 18.3 Å².